The number of carbonyl (C=O) groups is 1. The SMILES string of the molecule is CN1CCN(C(CCN)C(=O)O)CC1(C)C. The monoisotopic (exact) mass is 229 g/mol. The van der Waals surface area contributed by atoms with Crippen molar-refractivity contribution in [3.05, 3.63) is 0 Å². The van der Waals surface area contributed by atoms with E-state index in [2.05, 4.69) is 25.8 Å². The van der Waals surface area contributed by atoms with Crippen molar-refractivity contribution in [3.63, 3.8) is 0 Å². The van der Waals surface area contributed by atoms with Gasteiger partial charge in [0.15, 0.2) is 0 Å². The summed E-state index contributed by atoms with van der Waals surface area (Å²) in [6.07, 6.45) is 0.523. The van der Waals surface area contributed by atoms with Crippen LogP contribution in [0.25, 0.3) is 0 Å². The molecule has 0 spiro atoms. The molecule has 1 saturated heterocycles. The molecule has 94 valence electrons. The first-order chi connectivity index (χ1) is 7.38. The third kappa shape index (κ3) is 2.93. The Hall–Kier alpha value is -0.650. The zero-order valence-corrected chi connectivity index (χ0v) is 10.4. The van der Waals surface area contributed by atoms with Gasteiger partial charge in [-0.2, -0.15) is 0 Å². The van der Waals surface area contributed by atoms with E-state index >= 15 is 0 Å². The molecule has 0 aromatic carbocycles. The molecule has 0 radical (unpaired) electrons. The highest BCUT2D eigenvalue weighted by molar-refractivity contribution is 5.73. The lowest BCUT2D eigenvalue weighted by atomic mass is 9.97. The van der Waals surface area contributed by atoms with E-state index in [9.17, 15) is 9.90 Å². The van der Waals surface area contributed by atoms with Crippen LogP contribution in [-0.4, -0.2) is 65.7 Å². The second-order valence-electron chi connectivity index (χ2n) is 5.14. The largest absolute Gasteiger partial charge is 0.480 e. The molecule has 1 fully saturated rings. The lowest BCUT2D eigenvalue weighted by molar-refractivity contribution is -0.145. The molecule has 1 unspecified atom stereocenters. The number of carboxylic acids is 1. The molecule has 5 nitrogen and oxygen atoms in total. The molecule has 16 heavy (non-hydrogen) atoms. The van der Waals surface area contributed by atoms with Crippen molar-refractivity contribution in [2.24, 2.45) is 5.73 Å². The van der Waals surface area contributed by atoms with E-state index in [1.807, 2.05) is 4.90 Å². The maximum absolute atomic E-state index is 11.2. The average Bonchev–Trinajstić information content (AvgIpc) is 2.18. The molecule has 1 aliphatic rings. The summed E-state index contributed by atoms with van der Waals surface area (Å²) in [4.78, 5) is 15.5. The number of likely N-dealkylation sites (N-methyl/N-ethyl adjacent to an activating group) is 1. The number of nitrogens with zero attached hydrogens (tertiary/aromatic N) is 2. The smallest absolute Gasteiger partial charge is 0.320 e. The third-order valence-electron chi connectivity index (χ3n) is 3.51. The van der Waals surface area contributed by atoms with Crippen LogP contribution in [0.4, 0.5) is 0 Å². The van der Waals surface area contributed by atoms with Gasteiger partial charge in [0.05, 0.1) is 0 Å². The maximum atomic E-state index is 11.2. The second-order valence-corrected chi connectivity index (χ2v) is 5.14. The van der Waals surface area contributed by atoms with Crippen molar-refractivity contribution in [2.75, 3.05) is 33.2 Å². The second kappa shape index (κ2) is 5.12. The molecule has 1 atom stereocenters. The number of carboxylic acid groups (broad SMARTS) is 1. The molecule has 0 bridgehead atoms. The van der Waals surface area contributed by atoms with Crippen molar-refractivity contribution in [2.45, 2.75) is 31.8 Å². The van der Waals surface area contributed by atoms with Crippen LogP contribution in [0.5, 0.6) is 0 Å². The van der Waals surface area contributed by atoms with E-state index in [1.165, 1.54) is 0 Å². The van der Waals surface area contributed by atoms with Crippen LogP contribution in [0.1, 0.15) is 20.3 Å². The zero-order chi connectivity index (χ0) is 12.3. The molecule has 5 heteroatoms. The number of aliphatic carboxylic acids is 1. The highest BCUT2D eigenvalue weighted by atomic mass is 16.4. The van der Waals surface area contributed by atoms with Crippen LogP contribution >= 0.6 is 0 Å². The summed E-state index contributed by atoms with van der Waals surface area (Å²) in [5.41, 5.74) is 5.50. The number of hydrogen-bond acceptors (Lipinski definition) is 4. The van der Waals surface area contributed by atoms with E-state index in [4.69, 9.17) is 5.73 Å². The fourth-order valence-corrected chi connectivity index (χ4v) is 2.16. The number of piperazine rings is 1. The molecule has 1 rings (SSSR count). The Morgan fingerprint density at radius 2 is 2.12 bits per heavy atom. The van der Waals surface area contributed by atoms with Gasteiger partial charge in [-0.15, -0.1) is 0 Å². The minimum Gasteiger partial charge on any atom is -0.480 e. The van der Waals surface area contributed by atoms with E-state index in [-0.39, 0.29) is 5.54 Å². The maximum Gasteiger partial charge on any atom is 0.320 e. The van der Waals surface area contributed by atoms with Crippen molar-refractivity contribution in [1.82, 2.24) is 9.80 Å². The Morgan fingerprint density at radius 1 is 1.50 bits per heavy atom. The van der Waals surface area contributed by atoms with Gasteiger partial charge in [0.25, 0.3) is 0 Å². The summed E-state index contributed by atoms with van der Waals surface area (Å²) in [7, 11) is 2.08. The molecule has 0 aliphatic carbocycles. The number of nitrogens with two attached hydrogens (primary N) is 1. The highest BCUT2D eigenvalue weighted by Crippen LogP contribution is 2.21. The first-order valence-electron chi connectivity index (χ1n) is 5.76. The van der Waals surface area contributed by atoms with Gasteiger partial charge < -0.3 is 10.8 Å². The molecule has 0 aromatic rings. The van der Waals surface area contributed by atoms with Crippen molar-refractivity contribution < 1.29 is 9.90 Å². The Labute approximate surface area is 97.2 Å². The van der Waals surface area contributed by atoms with Crippen molar-refractivity contribution >= 4 is 5.97 Å². The molecule has 1 aliphatic heterocycles. The topological polar surface area (TPSA) is 69.8 Å². The van der Waals surface area contributed by atoms with E-state index < -0.39 is 12.0 Å². The minimum absolute atomic E-state index is 0.0283. The fraction of sp³-hybridized carbons (Fsp3) is 0.909. The summed E-state index contributed by atoms with van der Waals surface area (Å²) in [6, 6.07) is -0.432. The van der Waals surface area contributed by atoms with Crippen LogP contribution in [0.2, 0.25) is 0 Å². The van der Waals surface area contributed by atoms with Crippen molar-refractivity contribution in [3.8, 4) is 0 Å². The molecular weight excluding hydrogens is 206 g/mol. The standard InChI is InChI=1S/C11H23N3O2/c1-11(2)8-14(7-6-13(11)3)9(4-5-12)10(15)16/h9H,4-8,12H2,1-3H3,(H,15,16). The Balaban J connectivity index is 2.69. The van der Waals surface area contributed by atoms with Crippen LogP contribution in [0, 0.1) is 0 Å². The minimum atomic E-state index is -0.759. The number of rotatable bonds is 4. The van der Waals surface area contributed by atoms with Crippen LogP contribution in [0.15, 0.2) is 0 Å². The lowest BCUT2D eigenvalue weighted by Crippen LogP contribution is -2.61. The molecule has 0 saturated carbocycles. The lowest BCUT2D eigenvalue weighted by Gasteiger charge is -2.47. The van der Waals surface area contributed by atoms with E-state index in [0.717, 1.165) is 19.6 Å². The van der Waals surface area contributed by atoms with Gasteiger partial charge in [0.1, 0.15) is 6.04 Å². The molecular formula is C11H23N3O2. The first-order valence-corrected chi connectivity index (χ1v) is 5.76. The highest BCUT2D eigenvalue weighted by Gasteiger charge is 2.36. The van der Waals surface area contributed by atoms with Gasteiger partial charge in [0, 0.05) is 25.2 Å². The summed E-state index contributed by atoms with van der Waals surface area (Å²) in [6.45, 7) is 7.18. The van der Waals surface area contributed by atoms with Gasteiger partial charge >= 0.3 is 5.97 Å². The summed E-state index contributed by atoms with van der Waals surface area (Å²) in [5, 5.41) is 9.18. The van der Waals surface area contributed by atoms with E-state index in [0.29, 0.717) is 13.0 Å². The van der Waals surface area contributed by atoms with Crippen LogP contribution in [-0.2, 0) is 4.79 Å². The Kier molecular flexibility index (Phi) is 4.29. The molecule has 3 N–H and O–H groups in total. The Bertz CT molecular complexity index is 256. The summed E-state index contributed by atoms with van der Waals surface area (Å²) in [5.74, 6) is -0.759. The van der Waals surface area contributed by atoms with Crippen LogP contribution in [0.3, 0.4) is 0 Å². The van der Waals surface area contributed by atoms with Gasteiger partial charge in [-0.05, 0) is 33.9 Å². The van der Waals surface area contributed by atoms with Gasteiger partial charge in [-0.1, -0.05) is 0 Å². The fourth-order valence-electron chi connectivity index (χ4n) is 2.16. The quantitative estimate of drug-likeness (QED) is 0.699. The summed E-state index contributed by atoms with van der Waals surface area (Å²) >= 11 is 0. The summed E-state index contributed by atoms with van der Waals surface area (Å²) < 4.78 is 0. The van der Waals surface area contributed by atoms with Gasteiger partial charge in [0.2, 0.25) is 0 Å². The zero-order valence-electron chi connectivity index (χ0n) is 10.4. The normalized spacial score (nSPS) is 24.2. The Morgan fingerprint density at radius 3 is 2.56 bits per heavy atom. The predicted octanol–water partition coefficient (Wildman–Crippen LogP) is -0.186. The van der Waals surface area contributed by atoms with Crippen molar-refractivity contribution in [1.29, 1.82) is 0 Å². The molecule has 0 amide bonds. The molecule has 1 heterocycles. The number of hydrogen-bond donors (Lipinski definition) is 2. The first kappa shape index (κ1) is 13.4. The van der Waals surface area contributed by atoms with Gasteiger partial charge in [-0.3, -0.25) is 14.6 Å². The average molecular weight is 229 g/mol. The predicted molar refractivity (Wildman–Crippen MR) is 63.4 cm³/mol. The molecule has 0 aromatic heterocycles. The van der Waals surface area contributed by atoms with E-state index in [1.54, 1.807) is 0 Å². The van der Waals surface area contributed by atoms with Gasteiger partial charge in [-0.25, -0.2) is 0 Å². The van der Waals surface area contributed by atoms with Crippen LogP contribution < -0.4 is 5.73 Å². The third-order valence-corrected chi connectivity index (χ3v) is 3.51.